The predicted octanol–water partition coefficient (Wildman–Crippen LogP) is 5.44. The molecule has 0 radical (unpaired) electrons. The average molecular weight is 566 g/mol. The monoisotopic (exact) mass is 565 g/mol. The minimum atomic E-state index is -0.471. The molecule has 0 aliphatic rings. The molecule has 40 heavy (non-hydrogen) atoms. The van der Waals surface area contributed by atoms with Crippen LogP contribution in [-0.2, 0) is 22.6 Å². The van der Waals surface area contributed by atoms with Crippen molar-refractivity contribution < 1.29 is 24.0 Å². The Kier molecular flexibility index (Phi) is 11.3. The molecule has 0 atom stereocenters. The summed E-state index contributed by atoms with van der Waals surface area (Å²) in [5.41, 5.74) is 1.64. The number of ether oxygens (including phenoxy) is 2. The first-order valence-corrected chi connectivity index (χ1v) is 13.8. The van der Waals surface area contributed by atoms with Gasteiger partial charge in [0, 0.05) is 36.2 Å². The van der Waals surface area contributed by atoms with Gasteiger partial charge < -0.3 is 19.3 Å². The Morgan fingerprint density at radius 1 is 1.02 bits per heavy atom. The zero-order chi connectivity index (χ0) is 29.1. The van der Waals surface area contributed by atoms with E-state index in [9.17, 15) is 19.7 Å². The Hall–Kier alpha value is -4.18. The Morgan fingerprint density at radius 3 is 2.35 bits per heavy atom. The lowest BCUT2D eigenvalue weighted by atomic mass is 10.1. The lowest BCUT2D eigenvalue weighted by molar-refractivity contribution is -0.384. The van der Waals surface area contributed by atoms with Gasteiger partial charge in [0.15, 0.2) is 11.5 Å². The molecule has 9 nitrogen and oxygen atoms in total. The van der Waals surface area contributed by atoms with Gasteiger partial charge in [0.05, 0.1) is 25.7 Å². The lowest BCUT2D eigenvalue weighted by Gasteiger charge is -2.28. The molecular formula is C30H35N3O6S. The number of rotatable bonds is 14. The number of hydrogen-bond donors (Lipinski definition) is 0. The van der Waals surface area contributed by atoms with Gasteiger partial charge in [-0.25, -0.2) is 0 Å². The summed E-state index contributed by atoms with van der Waals surface area (Å²) in [6.07, 6.45) is 3.62. The summed E-state index contributed by atoms with van der Waals surface area (Å²) >= 11 is 1.58. The van der Waals surface area contributed by atoms with Crippen LogP contribution in [0.3, 0.4) is 0 Å². The number of nitro groups is 1. The van der Waals surface area contributed by atoms with E-state index in [2.05, 4.69) is 0 Å². The second-order valence-electron chi connectivity index (χ2n) is 9.63. The maximum absolute atomic E-state index is 13.6. The zero-order valence-electron chi connectivity index (χ0n) is 23.2. The maximum atomic E-state index is 13.6. The molecule has 2 aromatic carbocycles. The SMILES string of the molecule is COc1ccc(CCN(Cc2cccs2)C(=O)CN(CC(C)C)C(=O)C=Cc2ccc([N+](=O)[O-])cc2)cc1OC. The highest BCUT2D eigenvalue weighted by Crippen LogP contribution is 2.28. The van der Waals surface area contributed by atoms with Crippen LogP contribution in [0.2, 0.25) is 0 Å². The van der Waals surface area contributed by atoms with Crippen LogP contribution in [0.4, 0.5) is 5.69 Å². The van der Waals surface area contributed by atoms with E-state index in [1.807, 2.05) is 49.6 Å². The van der Waals surface area contributed by atoms with E-state index >= 15 is 0 Å². The molecule has 3 aromatic rings. The number of thiophene rings is 1. The van der Waals surface area contributed by atoms with Gasteiger partial charge >= 0.3 is 0 Å². The molecule has 0 bridgehead atoms. The van der Waals surface area contributed by atoms with E-state index < -0.39 is 4.92 Å². The number of amides is 2. The Morgan fingerprint density at radius 2 is 1.75 bits per heavy atom. The van der Waals surface area contributed by atoms with Gasteiger partial charge in [-0.3, -0.25) is 19.7 Å². The third-order valence-electron chi connectivity index (χ3n) is 6.14. The van der Waals surface area contributed by atoms with Crippen LogP contribution in [0, 0.1) is 16.0 Å². The van der Waals surface area contributed by atoms with Crippen LogP contribution in [0.25, 0.3) is 6.08 Å². The first kappa shape index (κ1) is 30.4. The Balaban J connectivity index is 1.74. The molecule has 1 aromatic heterocycles. The second-order valence-corrected chi connectivity index (χ2v) is 10.7. The summed E-state index contributed by atoms with van der Waals surface area (Å²) in [5, 5.41) is 12.9. The van der Waals surface area contributed by atoms with Gasteiger partial charge in [-0.1, -0.05) is 26.0 Å². The van der Waals surface area contributed by atoms with Gasteiger partial charge in [0.25, 0.3) is 5.69 Å². The fraction of sp³-hybridized carbons (Fsp3) is 0.333. The molecule has 0 fully saturated rings. The van der Waals surface area contributed by atoms with Gasteiger partial charge in [-0.15, -0.1) is 11.3 Å². The standard InChI is InChI=1S/C30H35N3O6S/c1-22(2)19-32(29(34)14-10-23-7-11-25(12-8-23)33(36)37)21-30(35)31(20-26-6-5-17-40-26)16-15-24-9-13-27(38-3)28(18-24)39-4/h5-14,17-18,22H,15-16,19-21H2,1-4H3. The number of methoxy groups -OCH3 is 2. The topological polar surface area (TPSA) is 102 Å². The highest BCUT2D eigenvalue weighted by Gasteiger charge is 2.22. The van der Waals surface area contributed by atoms with Crippen LogP contribution < -0.4 is 9.47 Å². The van der Waals surface area contributed by atoms with E-state index in [1.165, 1.54) is 18.2 Å². The van der Waals surface area contributed by atoms with Crippen LogP contribution in [0.1, 0.15) is 29.9 Å². The predicted molar refractivity (Wildman–Crippen MR) is 157 cm³/mol. The Labute approximate surface area is 238 Å². The number of benzene rings is 2. The fourth-order valence-corrected chi connectivity index (χ4v) is 4.82. The van der Waals surface area contributed by atoms with Gasteiger partial charge in [-0.05, 0) is 65.3 Å². The van der Waals surface area contributed by atoms with E-state index in [4.69, 9.17) is 9.47 Å². The van der Waals surface area contributed by atoms with Crippen molar-refractivity contribution in [2.45, 2.75) is 26.8 Å². The molecule has 10 heteroatoms. The van der Waals surface area contributed by atoms with Crippen LogP contribution >= 0.6 is 11.3 Å². The number of carbonyl (C=O) groups excluding carboxylic acids is 2. The number of hydrogen-bond acceptors (Lipinski definition) is 7. The molecule has 0 N–H and O–H groups in total. The Bertz CT molecular complexity index is 1310. The highest BCUT2D eigenvalue weighted by molar-refractivity contribution is 7.09. The average Bonchev–Trinajstić information content (AvgIpc) is 3.46. The summed E-state index contributed by atoms with van der Waals surface area (Å²) in [7, 11) is 3.18. The van der Waals surface area contributed by atoms with E-state index in [1.54, 1.807) is 53.6 Å². The molecule has 3 rings (SSSR count). The molecule has 0 saturated carbocycles. The molecule has 0 aliphatic heterocycles. The molecular weight excluding hydrogens is 530 g/mol. The minimum Gasteiger partial charge on any atom is -0.493 e. The highest BCUT2D eigenvalue weighted by atomic mass is 32.1. The van der Waals surface area contributed by atoms with Crippen molar-refractivity contribution in [1.29, 1.82) is 0 Å². The number of nitrogens with zero attached hydrogens (tertiary/aromatic N) is 3. The molecule has 0 spiro atoms. The van der Waals surface area contributed by atoms with Crippen molar-refractivity contribution in [3.63, 3.8) is 0 Å². The number of carbonyl (C=O) groups is 2. The molecule has 0 aliphatic carbocycles. The van der Waals surface area contributed by atoms with E-state index in [-0.39, 0.29) is 30.0 Å². The largest absolute Gasteiger partial charge is 0.493 e. The summed E-state index contributed by atoms with van der Waals surface area (Å²) in [4.78, 5) is 41.5. The third-order valence-corrected chi connectivity index (χ3v) is 7.00. The summed E-state index contributed by atoms with van der Waals surface area (Å²) in [5.74, 6) is 0.983. The van der Waals surface area contributed by atoms with Gasteiger partial charge in [0.2, 0.25) is 11.8 Å². The van der Waals surface area contributed by atoms with Crippen LogP contribution in [-0.4, -0.2) is 60.4 Å². The summed E-state index contributed by atoms with van der Waals surface area (Å²) in [6, 6.07) is 15.6. The van der Waals surface area contributed by atoms with Crippen LogP contribution in [0.5, 0.6) is 11.5 Å². The zero-order valence-corrected chi connectivity index (χ0v) is 24.1. The van der Waals surface area contributed by atoms with Crippen molar-refractivity contribution in [3.05, 3.63) is 92.2 Å². The quantitative estimate of drug-likeness (QED) is 0.146. The first-order chi connectivity index (χ1) is 19.2. The normalized spacial score (nSPS) is 11.0. The van der Waals surface area contributed by atoms with E-state index in [0.29, 0.717) is 43.1 Å². The third kappa shape index (κ3) is 8.94. The van der Waals surface area contributed by atoms with Crippen LogP contribution in [0.15, 0.2) is 66.1 Å². The fourth-order valence-electron chi connectivity index (χ4n) is 4.10. The van der Waals surface area contributed by atoms with Crippen molar-refractivity contribution in [1.82, 2.24) is 9.80 Å². The smallest absolute Gasteiger partial charge is 0.269 e. The molecule has 212 valence electrons. The molecule has 2 amide bonds. The molecule has 1 heterocycles. The van der Waals surface area contributed by atoms with Gasteiger partial charge in [-0.2, -0.15) is 0 Å². The number of nitro benzene ring substituents is 1. The first-order valence-electron chi connectivity index (χ1n) is 12.9. The molecule has 0 saturated heterocycles. The lowest BCUT2D eigenvalue weighted by Crippen LogP contribution is -2.44. The minimum absolute atomic E-state index is 0.0191. The van der Waals surface area contributed by atoms with E-state index in [0.717, 1.165) is 10.4 Å². The van der Waals surface area contributed by atoms with Gasteiger partial charge in [0.1, 0.15) is 6.54 Å². The maximum Gasteiger partial charge on any atom is 0.269 e. The van der Waals surface area contributed by atoms with Crippen molar-refractivity contribution in [2.24, 2.45) is 5.92 Å². The van der Waals surface area contributed by atoms with Crippen molar-refractivity contribution >= 4 is 34.9 Å². The summed E-state index contributed by atoms with van der Waals surface area (Å²) < 4.78 is 10.7. The second kappa shape index (κ2) is 14.8. The molecule has 0 unspecified atom stereocenters. The summed E-state index contributed by atoms with van der Waals surface area (Å²) in [6.45, 7) is 5.26. The van der Waals surface area contributed by atoms with Crippen molar-refractivity contribution in [3.8, 4) is 11.5 Å². The number of non-ortho nitro benzene ring substituents is 1. The van der Waals surface area contributed by atoms with Crippen molar-refractivity contribution in [2.75, 3.05) is 33.9 Å².